The van der Waals surface area contributed by atoms with Crippen LogP contribution in [0, 0.1) is 13.8 Å². The van der Waals surface area contributed by atoms with Crippen LogP contribution in [0.1, 0.15) is 16.7 Å². The maximum Gasteiger partial charge on any atom is 0.157 e. The monoisotopic (exact) mass is 252 g/mol. The summed E-state index contributed by atoms with van der Waals surface area (Å²) >= 11 is 0. The number of aromatic nitrogens is 3. The molecule has 0 radical (unpaired) electrons. The number of fused-ring (bicyclic) bond motifs is 1. The Kier molecular flexibility index (Phi) is 2.91. The highest BCUT2D eigenvalue weighted by Crippen LogP contribution is 2.14. The van der Waals surface area contributed by atoms with Crippen molar-refractivity contribution in [3.8, 4) is 0 Å². The van der Waals surface area contributed by atoms with Crippen molar-refractivity contribution in [3.05, 3.63) is 59.4 Å². The Morgan fingerprint density at radius 3 is 2.84 bits per heavy atom. The van der Waals surface area contributed by atoms with Crippen molar-refractivity contribution in [1.82, 2.24) is 14.6 Å². The summed E-state index contributed by atoms with van der Waals surface area (Å²) in [6.45, 7) is 4.94. The summed E-state index contributed by atoms with van der Waals surface area (Å²) < 4.78 is 1.82. The summed E-state index contributed by atoms with van der Waals surface area (Å²) in [7, 11) is 0. The van der Waals surface area contributed by atoms with E-state index in [1.807, 2.05) is 10.6 Å². The molecular weight excluding hydrogens is 236 g/mol. The molecule has 0 saturated carbocycles. The van der Waals surface area contributed by atoms with Crippen LogP contribution < -0.4 is 5.32 Å². The van der Waals surface area contributed by atoms with Crippen LogP contribution in [0.25, 0.3) is 5.65 Å². The van der Waals surface area contributed by atoms with Crippen molar-refractivity contribution in [3.63, 3.8) is 0 Å². The fraction of sp³-hybridized carbons (Fsp3) is 0.200. The summed E-state index contributed by atoms with van der Waals surface area (Å²) in [5, 5.41) is 7.65. The molecule has 0 bridgehead atoms. The first kappa shape index (κ1) is 11.7. The minimum Gasteiger partial charge on any atom is -0.366 e. The van der Waals surface area contributed by atoms with Crippen molar-refractivity contribution >= 4 is 11.5 Å². The van der Waals surface area contributed by atoms with Gasteiger partial charge in [0.1, 0.15) is 12.1 Å². The first-order chi connectivity index (χ1) is 9.22. The molecule has 0 atom stereocenters. The first-order valence-corrected chi connectivity index (χ1v) is 6.32. The van der Waals surface area contributed by atoms with Crippen LogP contribution in [0.2, 0.25) is 0 Å². The highest BCUT2D eigenvalue weighted by molar-refractivity contribution is 5.51. The molecule has 1 N–H and O–H groups in total. The Balaban J connectivity index is 1.87. The van der Waals surface area contributed by atoms with E-state index in [-0.39, 0.29) is 0 Å². The lowest BCUT2D eigenvalue weighted by atomic mass is 10.1. The smallest absolute Gasteiger partial charge is 0.157 e. The molecule has 0 fully saturated rings. The number of nitrogens with one attached hydrogen (secondary N) is 1. The Morgan fingerprint density at radius 1 is 1.11 bits per heavy atom. The van der Waals surface area contributed by atoms with Crippen molar-refractivity contribution < 1.29 is 0 Å². The third-order valence-electron chi connectivity index (χ3n) is 3.08. The quantitative estimate of drug-likeness (QED) is 0.779. The second kappa shape index (κ2) is 4.72. The van der Waals surface area contributed by atoms with E-state index in [9.17, 15) is 0 Å². The summed E-state index contributed by atoms with van der Waals surface area (Å²) in [4.78, 5) is 4.22. The van der Waals surface area contributed by atoms with Gasteiger partial charge in [0.05, 0.1) is 0 Å². The molecule has 3 aromatic rings. The van der Waals surface area contributed by atoms with Crippen molar-refractivity contribution in [1.29, 1.82) is 0 Å². The molecule has 0 aliphatic carbocycles. The third-order valence-corrected chi connectivity index (χ3v) is 3.08. The summed E-state index contributed by atoms with van der Waals surface area (Å²) in [6.07, 6.45) is 1.58. The van der Waals surface area contributed by atoms with Gasteiger partial charge >= 0.3 is 0 Å². The minimum absolute atomic E-state index is 0.778. The van der Waals surface area contributed by atoms with Crippen molar-refractivity contribution in [2.45, 2.75) is 20.4 Å². The van der Waals surface area contributed by atoms with E-state index >= 15 is 0 Å². The standard InChI is InChI=1S/C15H16N4/c1-11-4-3-5-13(6-11)9-16-14-7-12(2)8-15-17-10-18-19(14)15/h3-8,10,16H,9H2,1-2H3. The average Bonchev–Trinajstić information content (AvgIpc) is 2.84. The molecule has 2 heterocycles. The second-order valence-electron chi connectivity index (χ2n) is 4.79. The molecule has 3 rings (SSSR count). The van der Waals surface area contributed by atoms with Gasteiger partial charge in [0.2, 0.25) is 0 Å². The van der Waals surface area contributed by atoms with Crippen LogP contribution in [0.4, 0.5) is 5.82 Å². The number of aryl methyl sites for hydroxylation is 2. The van der Waals surface area contributed by atoms with Gasteiger partial charge in [-0.2, -0.15) is 9.61 Å². The molecule has 4 heteroatoms. The largest absolute Gasteiger partial charge is 0.366 e. The van der Waals surface area contributed by atoms with Gasteiger partial charge in [0.15, 0.2) is 5.65 Å². The molecule has 96 valence electrons. The van der Waals surface area contributed by atoms with Crippen molar-refractivity contribution in [2.75, 3.05) is 5.32 Å². The molecule has 0 unspecified atom stereocenters. The molecule has 0 saturated heterocycles. The van der Waals surface area contributed by atoms with E-state index in [0.717, 1.165) is 18.0 Å². The van der Waals surface area contributed by atoms with Crippen LogP contribution in [-0.2, 0) is 6.54 Å². The number of benzene rings is 1. The van der Waals surface area contributed by atoms with Gasteiger partial charge in [-0.1, -0.05) is 29.8 Å². The molecular formula is C15H16N4. The molecule has 2 aromatic heterocycles. The molecule has 1 aromatic carbocycles. The highest BCUT2D eigenvalue weighted by Gasteiger charge is 2.03. The van der Waals surface area contributed by atoms with Crippen LogP contribution in [0.5, 0.6) is 0 Å². The number of hydrogen-bond acceptors (Lipinski definition) is 3. The average molecular weight is 252 g/mol. The fourth-order valence-electron chi connectivity index (χ4n) is 2.20. The maximum atomic E-state index is 4.23. The second-order valence-corrected chi connectivity index (χ2v) is 4.79. The van der Waals surface area contributed by atoms with Crippen LogP contribution in [0.3, 0.4) is 0 Å². The zero-order chi connectivity index (χ0) is 13.2. The molecule has 4 nitrogen and oxygen atoms in total. The molecule has 0 aliphatic heterocycles. The van der Waals surface area contributed by atoms with E-state index in [1.165, 1.54) is 16.7 Å². The number of pyridine rings is 1. The Hall–Kier alpha value is -2.36. The van der Waals surface area contributed by atoms with Crippen LogP contribution in [0.15, 0.2) is 42.7 Å². The number of nitrogens with zero attached hydrogens (tertiary/aromatic N) is 3. The van der Waals surface area contributed by atoms with Gasteiger partial charge in [-0.05, 0) is 37.1 Å². The van der Waals surface area contributed by atoms with Gasteiger partial charge in [0.25, 0.3) is 0 Å². The number of rotatable bonds is 3. The molecule has 0 amide bonds. The van der Waals surface area contributed by atoms with E-state index < -0.39 is 0 Å². The van der Waals surface area contributed by atoms with Gasteiger partial charge in [0, 0.05) is 6.54 Å². The van der Waals surface area contributed by atoms with E-state index in [2.05, 4.69) is 59.6 Å². The van der Waals surface area contributed by atoms with Gasteiger partial charge < -0.3 is 5.32 Å². The topological polar surface area (TPSA) is 42.2 Å². The number of anilines is 1. The van der Waals surface area contributed by atoms with E-state index in [4.69, 9.17) is 0 Å². The normalized spacial score (nSPS) is 10.8. The molecule has 0 spiro atoms. The fourth-order valence-corrected chi connectivity index (χ4v) is 2.20. The molecule has 19 heavy (non-hydrogen) atoms. The lowest BCUT2D eigenvalue weighted by Gasteiger charge is -2.09. The zero-order valence-corrected chi connectivity index (χ0v) is 11.1. The van der Waals surface area contributed by atoms with Crippen LogP contribution >= 0.6 is 0 Å². The summed E-state index contributed by atoms with van der Waals surface area (Å²) in [5.74, 6) is 0.967. The predicted molar refractivity (Wildman–Crippen MR) is 76.2 cm³/mol. The zero-order valence-electron chi connectivity index (χ0n) is 11.1. The minimum atomic E-state index is 0.778. The maximum absolute atomic E-state index is 4.23. The van der Waals surface area contributed by atoms with Crippen LogP contribution in [-0.4, -0.2) is 14.6 Å². The first-order valence-electron chi connectivity index (χ1n) is 6.32. The van der Waals surface area contributed by atoms with Crippen molar-refractivity contribution in [2.24, 2.45) is 0 Å². The predicted octanol–water partition coefficient (Wildman–Crippen LogP) is 2.96. The van der Waals surface area contributed by atoms with Gasteiger partial charge in [-0.25, -0.2) is 4.98 Å². The number of hydrogen-bond donors (Lipinski definition) is 1. The Bertz CT molecular complexity index is 715. The van der Waals surface area contributed by atoms with E-state index in [0.29, 0.717) is 0 Å². The van der Waals surface area contributed by atoms with E-state index in [1.54, 1.807) is 6.33 Å². The van der Waals surface area contributed by atoms with Gasteiger partial charge in [-0.15, -0.1) is 0 Å². The lowest BCUT2D eigenvalue weighted by Crippen LogP contribution is -2.05. The SMILES string of the molecule is Cc1cccc(CNc2cc(C)cc3ncnn23)c1. The lowest BCUT2D eigenvalue weighted by molar-refractivity contribution is 0.940. The Labute approximate surface area is 112 Å². The highest BCUT2D eigenvalue weighted by atomic mass is 15.3. The summed E-state index contributed by atoms with van der Waals surface area (Å²) in [6, 6.07) is 12.6. The Morgan fingerprint density at radius 2 is 2.00 bits per heavy atom. The summed E-state index contributed by atoms with van der Waals surface area (Å²) in [5.41, 5.74) is 4.57. The molecule has 0 aliphatic rings. The van der Waals surface area contributed by atoms with Gasteiger partial charge in [-0.3, -0.25) is 0 Å². The third kappa shape index (κ3) is 2.42.